The standard InChI is InChI=1S/C22H21FN2O3/c1-24-13-18-8-7-17(11-20(18)23)21(26)14-25-10-9-19(12-22(25)27)28-15-16-5-3-2-4-6-16/h2-12,24H,13-15H2,1H3. The van der Waals surface area contributed by atoms with E-state index in [2.05, 4.69) is 5.32 Å². The lowest BCUT2D eigenvalue weighted by atomic mass is 10.1. The van der Waals surface area contributed by atoms with Crippen LogP contribution in [0.25, 0.3) is 0 Å². The molecule has 0 aliphatic carbocycles. The van der Waals surface area contributed by atoms with Crippen LogP contribution in [0.3, 0.4) is 0 Å². The number of ketones is 1. The SMILES string of the molecule is CNCc1ccc(C(=O)Cn2ccc(OCc3ccccc3)cc2=O)cc1F. The van der Waals surface area contributed by atoms with Crippen molar-refractivity contribution in [3.63, 3.8) is 0 Å². The van der Waals surface area contributed by atoms with E-state index >= 15 is 0 Å². The van der Waals surface area contributed by atoms with E-state index in [1.54, 1.807) is 25.2 Å². The third-order valence-corrected chi connectivity index (χ3v) is 4.27. The largest absolute Gasteiger partial charge is 0.489 e. The molecule has 1 N–H and O–H groups in total. The molecule has 0 fully saturated rings. The van der Waals surface area contributed by atoms with E-state index in [4.69, 9.17) is 4.74 Å². The molecule has 0 spiro atoms. The summed E-state index contributed by atoms with van der Waals surface area (Å²) < 4.78 is 20.9. The summed E-state index contributed by atoms with van der Waals surface area (Å²) in [4.78, 5) is 24.7. The van der Waals surface area contributed by atoms with Gasteiger partial charge in [-0.05, 0) is 24.7 Å². The number of ether oxygens (including phenoxy) is 1. The van der Waals surface area contributed by atoms with E-state index in [-0.39, 0.29) is 23.5 Å². The summed E-state index contributed by atoms with van der Waals surface area (Å²) in [5, 5.41) is 2.86. The van der Waals surface area contributed by atoms with Crippen molar-refractivity contribution >= 4 is 5.78 Å². The predicted molar refractivity (Wildman–Crippen MR) is 105 cm³/mol. The smallest absolute Gasteiger partial charge is 0.254 e. The van der Waals surface area contributed by atoms with Crippen molar-refractivity contribution in [1.82, 2.24) is 9.88 Å². The molecule has 0 aliphatic rings. The maximum Gasteiger partial charge on any atom is 0.254 e. The highest BCUT2D eigenvalue weighted by Gasteiger charge is 2.11. The zero-order chi connectivity index (χ0) is 19.9. The molecule has 0 radical (unpaired) electrons. The summed E-state index contributed by atoms with van der Waals surface area (Å²) in [6.07, 6.45) is 1.51. The van der Waals surface area contributed by atoms with E-state index < -0.39 is 5.82 Å². The molecule has 0 unspecified atom stereocenters. The molecule has 2 aromatic carbocycles. The van der Waals surface area contributed by atoms with Gasteiger partial charge >= 0.3 is 0 Å². The first-order valence-electron chi connectivity index (χ1n) is 8.90. The zero-order valence-electron chi connectivity index (χ0n) is 15.5. The number of carbonyl (C=O) groups is 1. The average molecular weight is 380 g/mol. The van der Waals surface area contributed by atoms with Crippen molar-refractivity contribution in [2.45, 2.75) is 19.7 Å². The number of hydrogen-bond acceptors (Lipinski definition) is 4. The lowest BCUT2D eigenvalue weighted by Crippen LogP contribution is -2.23. The predicted octanol–water partition coefficient (Wildman–Crippen LogP) is 3.17. The van der Waals surface area contributed by atoms with E-state index in [0.717, 1.165) is 5.56 Å². The van der Waals surface area contributed by atoms with Gasteiger partial charge < -0.3 is 14.6 Å². The molecule has 3 rings (SSSR count). The quantitative estimate of drug-likeness (QED) is 0.610. The number of nitrogens with one attached hydrogen (secondary N) is 1. The van der Waals surface area contributed by atoms with Gasteiger partial charge in [0.2, 0.25) is 0 Å². The van der Waals surface area contributed by atoms with Crippen molar-refractivity contribution in [1.29, 1.82) is 0 Å². The Balaban J connectivity index is 1.66. The molecule has 6 heteroatoms. The second-order valence-electron chi connectivity index (χ2n) is 6.36. The van der Waals surface area contributed by atoms with Crippen LogP contribution in [0.5, 0.6) is 5.75 Å². The van der Waals surface area contributed by atoms with Crippen molar-refractivity contribution in [3.05, 3.63) is 99.7 Å². The number of rotatable bonds is 8. The first-order valence-corrected chi connectivity index (χ1v) is 8.90. The summed E-state index contributed by atoms with van der Waals surface area (Å²) in [5.41, 5.74) is 1.35. The van der Waals surface area contributed by atoms with Crippen molar-refractivity contribution < 1.29 is 13.9 Å². The van der Waals surface area contributed by atoms with Crippen LogP contribution in [-0.4, -0.2) is 17.4 Å². The fourth-order valence-electron chi connectivity index (χ4n) is 2.75. The normalized spacial score (nSPS) is 10.6. The third-order valence-electron chi connectivity index (χ3n) is 4.27. The number of halogens is 1. The lowest BCUT2D eigenvalue weighted by molar-refractivity contribution is 0.0970. The minimum Gasteiger partial charge on any atom is -0.489 e. The number of benzene rings is 2. The van der Waals surface area contributed by atoms with Crippen LogP contribution in [0.2, 0.25) is 0 Å². The van der Waals surface area contributed by atoms with Crippen LogP contribution in [0, 0.1) is 5.82 Å². The summed E-state index contributed by atoms with van der Waals surface area (Å²) in [6, 6.07) is 16.9. The maximum absolute atomic E-state index is 14.0. The summed E-state index contributed by atoms with van der Waals surface area (Å²) in [6.45, 7) is 0.564. The fourth-order valence-corrected chi connectivity index (χ4v) is 2.75. The van der Waals surface area contributed by atoms with Crippen molar-refractivity contribution in [3.8, 4) is 5.75 Å². The average Bonchev–Trinajstić information content (AvgIpc) is 2.70. The summed E-state index contributed by atoms with van der Waals surface area (Å²) in [5.74, 6) is -0.354. The Morgan fingerprint density at radius 2 is 1.89 bits per heavy atom. The number of aromatic nitrogens is 1. The van der Waals surface area contributed by atoms with E-state index in [1.165, 1.54) is 22.9 Å². The summed E-state index contributed by atoms with van der Waals surface area (Å²) in [7, 11) is 1.72. The monoisotopic (exact) mass is 380 g/mol. The molecule has 3 aromatic rings. The van der Waals surface area contributed by atoms with Crippen molar-refractivity contribution in [2.75, 3.05) is 7.05 Å². The lowest BCUT2D eigenvalue weighted by Gasteiger charge is -2.09. The maximum atomic E-state index is 14.0. The van der Waals surface area contributed by atoms with E-state index in [0.29, 0.717) is 24.5 Å². The highest BCUT2D eigenvalue weighted by molar-refractivity contribution is 5.95. The number of hydrogen-bond donors (Lipinski definition) is 1. The molecule has 0 atom stereocenters. The molecule has 28 heavy (non-hydrogen) atoms. The van der Waals surface area contributed by atoms with Gasteiger partial charge in [-0.3, -0.25) is 9.59 Å². The van der Waals surface area contributed by atoms with Gasteiger partial charge in [-0.25, -0.2) is 4.39 Å². The van der Waals surface area contributed by atoms with Crippen LogP contribution < -0.4 is 15.6 Å². The second-order valence-corrected chi connectivity index (χ2v) is 6.36. The molecule has 0 saturated carbocycles. The molecule has 144 valence electrons. The van der Waals surface area contributed by atoms with Gasteiger partial charge in [0.1, 0.15) is 18.2 Å². The Labute approximate surface area is 162 Å². The topological polar surface area (TPSA) is 60.3 Å². The van der Waals surface area contributed by atoms with E-state index in [9.17, 15) is 14.0 Å². The molecule has 0 saturated heterocycles. The zero-order valence-corrected chi connectivity index (χ0v) is 15.5. The minimum atomic E-state index is -0.447. The second kappa shape index (κ2) is 9.10. The van der Waals surface area contributed by atoms with Crippen LogP contribution >= 0.6 is 0 Å². The Morgan fingerprint density at radius 1 is 1.11 bits per heavy atom. The van der Waals surface area contributed by atoms with Gasteiger partial charge in [-0.2, -0.15) is 0 Å². The molecule has 0 bridgehead atoms. The molecule has 1 heterocycles. The van der Waals surface area contributed by atoms with Crippen LogP contribution in [-0.2, 0) is 19.7 Å². The van der Waals surface area contributed by atoms with Crippen LogP contribution in [0.1, 0.15) is 21.5 Å². The Morgan fingerprint density at radius 3 is 2.57 bits per heavy atom. The Kier molecular flexibility index (Phi) is 6.34. The third kappa shape index (κ3) is 4.92. The van der Waals surface area contributed by atoms with Gasteiger partial charge in [0.25, 0.3) is 5.56 Å². The fraction of sp³-hybridized carbons (Fsp3) is 0.182. The van der Waals surface area contributed by atoms with Gasteiger partial charge in [0, 0.05) is 29.9 Å². The summed E-state index contributed by atoms with van der Waals surface area (Å²) >= 11 is 0. The highest BCUT2D eigenvalue weighted by atomic mass is 19.1. The van der Waals surface area contributed by atoms with Gasteiger partial charge in [0.15, 0.2) is 5.78 Å². The number of Topliss-reactive ketones (excluding diaryl/α,β-unsaturated/α-hetero) is 1. The first kappa shape index (κ1) is 19.5. The number of pyridine rings is 1. The van der Waals surface area contributed by atoms with Crippen LogP contribution in [0.15, 0.2) is 71.7 Å². The molecule has 1 aromatic heterocycles. The number of carbonyl (C=O) groups excluding carboxylic acids is 1. The Hall–Kier alpha value is -3.25. The highest BCUT2D eigenvalue weighted by Crippen LogP contribution is 2.13. The van der Waals surface area contributed by atoms with Crippen molar-refractivity contribution in [2.24, 2.45) is 0 Å². The molecule has 5 nitrogen and oxygen atoms in total. The van der Waals surface area contributed by atoms with Gasteiger partial charge in [-0.15, -0.1) is 0 Å². The van der Waals surface area contributed by atoms with Gasteiger partial charge in [-0.1, -0.05) is 42.5 Å². The van der Waals surface area contributed by atoms with Gasteiger partial charge in [0.05, 0.1) is 6.54 Å². The molecule has 0 amide bonds. The Bertz CT molecular complexity index is 1020. The minimum absolute atomic E-state index is 0.164. The molecule has 0 aliphatic heterocycles. The first-order chi connectivity index (χ1) is 13.6. The van der Waals surface area contributed by atoms with E-state index in [1.807, 2.05) is 30.3 Å². The molecular weight excluding hydrogens is 359 g/mol. The molecular formula is C22H21FN2O3. The number of nitrogens with zero attached hydrogens (tertiary/aromatic N) is 1. The van der Waals surface area contributed by atoms with Crippen LogP contribution in [0.4, 0.5) is 4.39 Å².